The zero-order chi connectivity index (χ0) is 26.6. The second-order valence-corrected chi connectivity index (χ2v) is 9.90. The maximum Gasteiger partial charge on any atom is 0.302 e. The Balaban J connectivity index is 1.50. The minimum atomic E-state index is -0.871. The molecule has 2 N–H and O–H groups in total. The number of anilines is 2. The predicted octanol–water partition coefficient (Wildman–Crippen LogP) is 4.10. The molecule has 1 saturated heterocycles. The number of aromatic nitrogens is 2. The molecule has 2 aromatic heterocycles. The highest BCUT2D eigenvalue weighted by Crippen LogP contribution is 2.44. The lowest BCUT2D eigenvalue weighted by molar-refractivity contribution is -0.132. The number of benzene rings is 2. The number of hydrogen-bond donors (Lipinski definition) is 2. The van der Waals surface area contributed by atoms with Crippen LogP contribution in [0.1, 0.15) is 16.5 Å². The fourth-order valence-corrected chi connectivity index (χ4v) is 5.68. The number of likely N-dealkylation sites (N-methyl/N-ethyl adjacent to an activating group) is 1. The van der Waals surface area contributed by atoms with E-state index in [1.165, 1.54) is 30.5 Å². The number of Topliss-reactive ketones (excluding diaryl/α,β-unsaturated/α-hetero) is 1. The van der Waals surface area contributed by atoms with Crippen LogP contribution in [-0.4, -0.2) is 61.2 Å². The molecule has 0 aliphatic carbocycles. The van der Waals surface area contributed by atoms with Gasteiger partial charge in [-0.1, -0.05) is 6.07 Å². The van der Waals surface area contributed by atoms with E-state index in [9.17, 15) is 14.7 Å². The third kappa shape index (κ3) is 3.66. The number of amides is 1. The number of imidazole rings is 1. The maximum atomic E-state index is 13.5. The number of thiophene rings is 1. The van der Waals surface area contributed by atoms with E-state index in [2.05, 4.69) is 9.97 Å². The monoisotopic (exact) mass is 532 g/mol. The molecule has 1 atom stereocenters. The number of aliphatic hydroxyl groups is 1. The third-order valence-electron chi connectivity index (χ3n) is 6.79. The van der Waals surface area contributed by atoms with Gasteiger partial charge in [0.05, 0.1) is 43.1 Å². The molecule has 11 heteroatoms. The Morgan fingerprint density at radius 1 is 1.16 bits per heavy atom. The molecule has 0 spiro atoms. The van der Waals surface area contributed by atoms with Crippen molar-refractivity contribution >= 4 is 51.5 Å². The van der Waals surface area contributed by atoms with Crippen molar-refractivity contribution in [2.75, 3.05) is 44.2 Å². The molecule has 1 amide bonds. The first-order valence-corrected chi connectivity index (χ1v) is 12.7. The summed E-state index contributed by atoms with van der Waals surface area (Å²) in [5.74, 6) is 0.00229. The number of hydrogen-bond acceptors (Lipinski definition) is 9. The van der Waals surface area contributed by atoms with Gasteiger partial charge in [0.15, 0.2) is 11.5 Å². The van der Waals surface area contributed by atoms with Crippen molar-refractivity contribution < 1.29 is 28.9 Å². The van der Waals surface area contributed by atoms with Crippen LogP contribution in [0.3, 0.4) is 0 Å². The number of aromatic amines is 1. The number of ether oxygens (including phenoxy) is 3. The quantitative estimate of drug-likeness (QED) is 0.224. The van der Waals surface area contributed by atoms with Crippen molar-refractivity contribution in [3.8, 4) is 17.2 Å². The van der Waals surface area contributed by atoms with Crippen LogP contribution in [0.5, 0.6) is 17.2 Å². The molecule has 4 aromatic rings. The largest absolute Gasteiger partial charge is 0.507 e. The van der Waals surface area contributed by atoms with Gasteiger partial charge in [-0.2, -0.15) is 0 Å². The first-order valence-electron chi connectivity index (χ1n) is 11.9. The van der Waals surface area contributed by atoms with Gasteiger partial charge in [-0.3, -0.25) is 14.5 Å². The molecule has 0 radical (unpaired) electrons. The van der Waals surface area contributed by atoms with Gasteiger partial charge < -0.3 is 29.2 Å². The predicted molar refractivity (Wildman–Crippen MR) is 144 cm³/mol. The van der Waals surface area contributed by atoms with Crippen LogP contribution < -0.4 is 24.0 Å². The number of fused-ring (bicyclic) bond motifs is 2. The smallest absolute Gasteiger partial charge is 0.302 e. The summed E-state index contributed by atoms with van der Waals surface area (Å²) in [6.07, 6.45) is 0. The first-order chi connectivity index (χ1) is 18.4. The molecular weight excluding hydrogens is 508 g/mol. The Kier molecular flexibility index (Phi) is 5.72. The number of methoxy groups -OCH3 is 2. The van der Waals surface area contributed by atoms with Crippen LogP contribution >= 0.6 is 11.3 Å². The Morgan fingerprint density at radius 3 is 2.68 bits per heavy atom. The summed E-state index contributed by atoms with van der Waals surface area (Å²) >= 11 is 1.38. The number of rotatable bonds is 5. The van der Waals surface area contributed by atoms with Gasteiger partial charge in [0.25, 0.3) is 5.78 Å². The third-order valence-corrected chi connectivity index (χ3v) is 7.71. The molecule has 1 fully saturated rings. The van der Waals surface area contributed by atoms with Crippen LogP contribution in [0.2, 0.25) is 0 Å². The van der Waals surface area contributed by atoms with Crippen LogP contribution in [0.15, 0.2) is 53.4 Å². The average molecular weight is 533 g/mol. The summed E-state index contributed by atoms with van der Waals surface area (Å²) in [5, 5.41) is 13.3. The highest BCUT2D eigenvalue weighted by atomic mass is 32.1. The summed E-state index contributed by atoms with van der Waals surface area (Å²) in [6, 6.07) is 11.4. The molecule has 2 aromatic carbocycles. The van der Waals surface area contributed by atoms with Gasteiger partial charge in [-0.05, 0) is 29.6 Å². The van der Waals surface area contributed by atoms with Crippen LogP contribution in [-0.2, 0) is 9.59 Å². The minimum absolute atomic E-state index is 0.00704. The molecule has 1 unspecified atom stereocenters. The summed E-state index contributed by atoms with van der Waals surface area (Å²) in [6.45, 7) is 1.26. The van der Waals surface area contributed by atoms with E-state index in [1.807, 2.05) is 29.5 Å². The zero-order valence-corrected chi connectivity index (χ0v) is 21.7. The van der Waals surface area contributed by atoms with Crippen LogP contribution in [0.4, 0.5) is 11.6 Å². The normalized spacial score (nSPS) is 18.6. The zero-order valence-electron chi connectivity index (χ0n) is 20.8. The molecule has 194 valence electrons. The van der Waals surface area contributed by atoms with Crippen molar-refractivity contribution in [2.45, 2.75) is 6.04 Å². The molecule has 6 rings (SSSR count). The van der Waals surface area contributed by atoms with Crippen LogP contribution in [0, 0.1) is 0 Å². The van der Waals surface area contributed by atoms with E-state index in [0.29, 0.717) is 51.9 Å². The van der Waals surface area contributed by atoms with E-state index in [0.717, 1.165) is 5.69 Å². The number of aliphatic hydroxyl groups excluding tert-OH is 1. The van der Waals surface area contributed by atoms with Crippen molar-refractivity contribution in [3.05, 3.63) is 63.9 Å². The maximum absolute atomic E-state index is 13.5. The minimum Gasteiger partial charge on any atom is -0.507 e. The van der Waals surface area contributed by atoms with Crippen LogP contribution in [0.25, 0.3) is 16.8 Å². The van der Waals surface area contributed by atoms with E-state index >= 15 is 0 Å². The highest BCUT2D eigenvalue weighted by molar-refractivity contribution is 7.10. The fraction of sp³-hybridized carbons (Fsp3) is 0.222. The molecule has 10 nitrogen and oxygen atoms in total. The lowest BCUT2D eigenvalue weighted by atomic mass is 9.99. The summed E-state index contributed by atoms with van der Waals surface area (Å²) < 4.78 is 16.5. The molecule has 38 heavy (non-hydrogen) atoms. The molecule has 0 bridgehead atoms. The number of carbonyl (C=O) groups excluding carboxylic acids is 2. The Labute approximate surface area is 221 Å². The van der Waals surface area contributed by atoms with Gasteiger partial charge in [0, 0.05) is 29.6 Å². The average Bonchev–Trinajstić information content (AvgIpc) is 3.66. The Hall–Kier alpha value is -4.51. The van der Waals surface area contributed by atoms with Gasteiger partial charge in [-0.15, -0.1) is 11.3 Å². The summed E-state index contributed by atoms with van der Waals surface area (Å²) in [7, 11) is 4.99. The molecule has 0 saturated carbocycles. The molecule has 2 aliphatic heterocycles. The highest BCUT2D eigenvalue weighted by Gasteiger charge is 2.48. The summed E-state index contributed by atoms with van der Waals surface area (Å²) in [5.41, 5.74) is 2.33. The van der Waals surface area contributed by atoms with Gasteiger partial charge in [-0.25, -0.2) is 4.98 Å². The van der Waals surface area contributed by atoms with Crippen molar-refractivity contribution in [2.24, 2.45) is 0 Å². The summed E-state index contributed by atoms with van der Waals surface area (Å²) in [4.78, 5) is 38.7. The topological polar surface area (TPSA) is 117 Å². The standard InChI is InChI=1S/C27H24N4O6S/c1-30-8-9-37-18-7-6-14(11-17(18)30)24(32)22-23(21-5-4-10-38-21)31(26(34)25(22)33)27-28-15-12-19(35-2)20(36-3)13-16(15)29-27/h4-7,10-13,23,32H,8-9H2,1-3H3,(H,28,29)/b24-22+. The fourth-order valence-electron chi connectivity index (χ4n) is 4.86. The lowest BCUT2D eigenvalue weighted by Crippen LogP contribution is -2.30. The van der Waals surface area contributed by atoms with E-state index < -0.39 is 17.7 Å². The number of nitrogens with zero attached hydrogens (tertiary/aromatic N) is 3. The SMILES string of the molecule is COc1cc2nc(N3C(=O)C(=O)/C(=C(/O)c4ccc5c(c4)N(C)CCO5)C3c3cccs3)[nH]c2cc1OC. The van der Waals surface area contributed by atoms with E-state index in [1.54, 1.807) is 30.3 Å². The van der Waals surface area contributed by atoms with Crippen molar-refractivity contribution in [1.82, 2.24) is 9.97 Å². The molecule has 4 heterocycles. The second kappa shape index (κ2) is 9.10. The Bertz CT molecular complexity index is 1570. The van der Waals surface area contributed by atoms with Gasteiger partial charge >= 0.3 is 5.91 Å². The van der Waals surface area contributed by atoms with E-state index in [4.69, 9.17) is 14.2 Å². The van der Waals surface area contributed by atoms with Gasteiger partial charge in [0.1, 0.15) is 24.2 Å². The number of carbonyl (C=O) groups is 2. The first kappa shape index (κ1) is 23.9. The van der Waals surface area contributed by atoms with Crippen molar-refractivity contribution in [1.29, 1.82) is 0 Å². The van der Waals surface area contributed by atoms with Crippen molar-refractivity contribution in [3.63, 3.8) is 0 Å². The second-order valence-electron chi connectivity index (χ2n) is 8.92. The lowest BCUT2D eigenvalue weighted by Gasteiger charge is -2.28. The number of ketones is 1. The van der Waals surface area contributed by atoms with E-state index in [-0.39, 0.29) is 17.3 Å². The van der Waals surface area contributed by atoms with Gasteiger partial charge in [0.2, 0.25) is 5.95 Å². The Morgan fingerprint density at radius 2 is 1.95 bits per heavy atom. The number of nitrogens with one attached hydrogen (secondary N) is 1. The molecule has 2 aliphatic rings. The number of H-pyrrole nitrogens is 1. The molecular formula is C27H24N4O6S.